The number of benzene rings is 3. The van der Waals surface area contributed by atoms with Gasteiger partial charge in [0.2, 0.25) is 0 Å². The molecule has 0 saturated carbocycles. The van der Waals surface area contributed by atoms with Crippen LogP contribution in [0.2, 0.25) is 0 Å². The van der Waals surface area contributed by atoms with Crippen molar-refractivity contribution in [3.8, 4) is 22.3 Å². The van der Waals surface area contributed by atoms with E-state index in [0.717, 1.165) is 51.6 Å². The lowest BCUT2D eigenvalue weighted by molar-refractivity contribution is 0.0947. The quantitative estimate of drug-likeness (QED) is 0.316. The van der Waals surface area contributed by atoms with E-state index in [2.05, 4.69) is 10.3 Å². The van der Waals surface area contributed by atoms with Crippen molar-refractivity contribution in [3.05, 3.63) is 83.8 Å². The second-order valence-electron chi connectivity index (χ2n) is 8.41. The molecule has 0 spiro atoms. The van der Waals surface area contributed by atoms with Crippen molar-refractivity contribution in [1.29, 1.82) is 0 Å². The van der Waals surface area contributed by atoms with Gasteiger partial charge < -0.3 is 21.8 Å². The van der Waals surface area contributed by atoms with Crippen molar-refractivity contribution in [3.63, 3.8) is 0 Å². The summed E-state index contributed by atoms with van der Waals surface area (Å²) in [7, 11) is 0. The summed E-state index contributed by atoms with van der Waals surface area (Å²) in [6.45, 7) is 2.99. The number of aromatic nitrogens is 1. The van der Waals surface area contributed by atoms with Crippen molar-refractivity contribution in [2.45, 2.75) is 25.8 Å². The number of H-pyrrole nitrogens is 1. The molecular formula is C27H29FN4O. The summed E-state index contributed by atoms with van der Waals surface area (Å²) in [5.41, 5.74) is 17.8. The van der Waals surface area contributed by atoms with E-state index >= 15 is 0 Å². The lowest BCUT2D eigenvalue weighted by Gasteiger charge is -2.12. The predicted octanol–water partition coefficient (Wildman–Crippen LogP) is 4.75. The molecule has 1 aromatic heterocycles. The number of aryl methyl sites for hydroxylation is 1. The number of fused-ring (bicyclic) bond motifs is 1. The first-order chi connectivity index (χ1) is 16.0. The molecule has 5 nitrogen and oxygen atoms in total. The minimum absolute atomic E-state index is 0.144. The molecule has 1 atom stereocenters. The first-order valence-electron chi connectivity index (χ1n) is 11.2. The van der Waals surface area contributed by atoms with Crippen molar-refractivity contribution >= 4 is 16.8 Å². The van der Waals surface area contributed by atoms with E-state index in [-0.39, 0.29) is 17.8 Å². The summed E-state index contributed by atoms with van der Waals surface area (Å²) in [5.74, 6) is -0.474. The van der Waals surface area contributed by atoms with Crippen LogP contribution in [0.5, 0.6) is 0 Å². The first-order valence-corrected chi connectivity index (χ1v) is 11.2. The minimum Gasteiger partial charge on any atom is -0.350 e. The maximum absolute atomic E-state index is 13.3. The van der Waals surface area contributed by atoms with Crippen LogP contribution in [0.3, 0.4) is 0 Å². The van der Waals surface area contributed by atoms with Gasteiger partial charge in [-0.15, -0.1) is 0 Å². The second kappa shape index (κ2) is 9.98. The van der Waals surface area contributed by atoms with E-state index in [0.29, 0.717) is 18.8 Å². The molecule has 0 bridgehead atoms. The van der Waals surface area contributed by atoms with Gasteiger partial charge in [-0.05, 0) is 61.2 Å². The van der Waals surface area contributed by atoms with Crippen molar-refractivity contribution in [2.75, 3.05) is 13.1 Å². The molecule has 0 saturated heterocycles. The largest absolute Gasteiger partial charge is 0.350 e. The Morgan fingerprint density at radius 2 is 1.67 bits per heavy atom. The van der Waals surface area contributed by atoms with E-state index < -0.39 is 0 Å². The molecule has 0 aliphatic heterocycles. The van der Waals surface area contributed by atoms with E-state index in [4.69, 9.17) is 11.5 Å². The van der Waals surface area contributed by atoms with Gasteiger partial charge >= 0.3 is 0 Å². The summed E-state index contributed by atoms with van der Waals surface area (Å²) < 4.78 is 13.3. The van der Waals surface area contributed by atoms with Crippen LogP contribution < -0.4 is 16.8 Å². The SMILES string of the molecule is Cc1ccc(-c2c(C(=O)NC[C@@H](N)CCCN)[nH]c3cc(-c4ccc(F)cc4)ccc23)cc1. The van der Waals surface area contributed by atoms with Gasteiger partial charge in [0.25, 0.3) is 5.91 Å². The second-order valence-corrected chi connectivity index (χ2v) is 8.41. The highest BCUT2D eigenvalue weighted by molar-refractivity contribution is 6.10. The third kappa shape index (κ3) is 5.13. The first kappa shape index (κ1) is 22.7. The Hall–Kier alpha value is -3.48. The fourth-order valence-electron chi connectivity index (χ4n) is 4.00. The number of halogens is 1. The van der Waals surface area contributed by atoms with E-state index in [1.54, 1.807) is 12.1 Å². The number of hydrogen-bond acceptors (Lipinski definition) is 3. The third-order valence-electron chi connectivity index (χ3n) is 5.85. The molecule has 0 radical (unpaired) electrons. The average Bonchev–Trinajstić information content (AvgIpc) is 3.21. The van der Waals surface area contributed by atoms with Gasteiger partial charge in [0.1, 0.15) is 11.5 Å². The minimum atomic E-state index is -0.273. The molecule has 3 aromatic carbocycles. The van der Waals surface area contributed by atoms with Gasteiger partial charge in [0.05, 0.1) is 0 Å². The Balaban J connectivity index is 1.73. The highest BCUT2D eigenvalue weighted by Gasteiger charge is 2.20. The molecule has 0 fully saturated rings. The van der Waals surface area contributed by atoms with Crippen LogP contribution in [0.15, 0.2) is 66.7 Å². The van der Waals surface area contributed by atoms with Crippen LogP contribution in [0, 0.1) is 12.7 Å². The van der Waals surface area contributed by atoms with Crippen LogP contribution in [-0.4, -0.2) is 30.0 Å². The summed E-state index contributed by atoms with van der Waals surface area (Å²) in [6, 6.07) is 20.3. The van der Waals surface area contributed by atoms with Crippen molar-refractivity contribution in [1.82, 2.24) is 10.3 Å². The molecule has 0 unspecified atom stereocenters. The van der Waals surface area contributed by atoms with Gasteiger partial charge in [-0.3, -0.25) is 4.79 Å². The number of nitrogens with two attached hydrogens (primary N) is 2. The summed E-state index contributed by atoms with van der Waals surface area (Å²) in [5, 5.41) is 3.91. The molecule has 33 heavy (non-hydrogen) atoms. The Morgan fingerprint density at radius 3 is 2.36 bits per heavy atom. The highest BCUT2D eigenvalue weighted by atomic mass is 19.1. The maximum Gasteiger partial charge on any atom is 0.268 e. The zero-order valence-electron chi connectivity index (χ0n) is 18.7. The Morgan fingerprint density at radius 1 is 1.00 bits per heavy atom. The summed E-state index contributed by atoms with van der Waals surface area (Å²) >= 11 is 0. The summed E-state index contributed by atoms with van der Waals surface area (Å²) in [6.07, 6.45) is 1.58. The smallest absolute Gasteiger partial charge is 0.268 e. The van der Waals surface area contributed by atoms with Crippen LogP contribution in [0.1, 0.15) is 28.9 Å². The number of amides is 1. The Labute approximate surface area is 193 Å². The van der Waals surface area contributed by atoms with Gasteiger partial charge in [-0.2, -0.15) is 0 Å². The van der Waals surface area contributed by atoms with Crippen molar-refractivity contribution in [2.24, 2.45) is 11.5 Å². The maximum atomic E-state index is 13.3. The van der Waals surface area contributed by atoms with Gasteiger partial charge in [-0.25, -0.2) is 4.39 Å². The number of carbonyl (C=O) groups is 1. The van der Waals surface area contributed by atoms with Crippen LogP contribution in [0.25, 0.3) is 33.2 Å². The highest BCUT2D eigenvalue weighted by Crippen LogP contribution is 2.35. The third-order valence-corrected chi connectivity index (χ3v) is 5.85. The van der Waals surface area contributed by atoms with E-state index in [1.165, 1.54) is 12.1 Å². The lowest BCUT2D eigenvalue weighted by Crippen LogP contribution is -2.37. The standard InChI is InChI=1S/C27H29FN4O/c1-17-4-6-19(7-5-17)25-23-13-10-20(18-8-11-21(28)12-9-18)15-24(23)32-26(25)27(33)31-16-22(30)3-2-14-29/h4-13,15,22,32H,2-3,14,16,29-30H2,1H3,(H,31,33)/t22-/m0/s1. The molecule has 6 N–H and O–H groups in total. The Kier molecular flexibility index (Phi) is 6.87. The number of aromatic amines is 1. The number of carbonyl (C=O) groups excluding carboxylic acids is 1. The monoisotopic (exact) mass is 444 g/mol. The van der Waals surface area contributed by atoms with Gasteiger partial charge in [0.15, 0.2) is 0 Å². The van der Waals surface area contributed by atoms with E-state index in [1.807, 2.05) is 49.4 Å². The summed E-state index contributed by atoms with van der Waals surface area (Å²) in [4.78, 5) is 16.5. The van der Waals surface area contributed by atoms with Crippen LogP contribution in [0.4, 0.5) is 4.39 Å². The van der Waals surface area contributed by atoms with Crippen LogP contribution in [-0.2, 0) is 0 Å². The molecule has 6 heteroatoms. The predicted molar refractivity (Wildman–Crippen MR) is 132 cm³/mol. The molecule has 4 rings (SSSR count). The van der Waals surface area contributed by atoms with Gasteiger partial charge in [0, 0.05) is 29.1 Å². The number of hydrogen-bond donors (Lipinski definition) is 4. The molecule has 0 aliphatic carbocycles. The molecular weight excluding hydrogens is 415 g/mol. The fraction of sp³-hybridized carbons (Fsp3) is 0.222. The van der Waals surface area contributed by atoms with Crippen LogP contribution >= 0.6 is 0 Å². The normalized spacial score (nSPS) is 12.1. The van der Waals surface area contributed by atoms with Gasteiger partial charge in [-0.1, -0.05) is 54.1 Å². The Bertz CT molecular complexity index is 1250. The van der Waals surface area contributed by atoms with E-state index in [9.17, 15) is 9.18 Å². The molecule has 1 heterocycles. The molecule has 170 valence electrons. The van der Waals surface area contributed by atoms with Crippen molar-refractivity contribution < 1.29 is 9.18 Å². The molecule has 4 aromatic rings. The zero-order valence-corrected chi connectivity index (χ0v) is 18.7. The molecule has 0 aliphatic rings. The fourth-order valence-corrected chi connectivity index (χ4v) is 4.00. The average molecular weight is 445 g/mol. The number of nitrogens with one attached hydrogen (secondary N) is 2. The topological polar surface area (TPSA) is 96.9 Å². The molecule has 1 amide bonds. The zero-order chi connectivity index (χ0) is 23.4. The lowest BCUT2D eigenvalue weighted by atomic mass is 9.98. The number of rotatable bonds is 8.